The number of rotatable bonds is 6. The van der Waals surface area contributed by atoms with Crippen LogP contribution in [0.3, 0.4) is 0 Å². The van der Waals surface area contributed by atoms with Crippen LogP contribution in [0.5, 0.6) is 11.5 Å². The molecule has 3 rings (SSSR count). The van der Waals surface area contributed by atoms with Crippen molar-refractivity contribution in [1.82, 2.24) is 5.32 Å². The Morgan fingerprint density at radius 2 is 2.00 bits per heavy atom. The van der Waals surface area contributed by atoms with E-state index >= 15 is 0 Å². The molecule has 0 aliphatic carbocycles. The number of benzene rings is 2. The first-order chi connectivity index (χ1) is 13.5. The van der Waals surface area contributed by atoms with Crippen LogP contribution in [-0.4, -0.2) is 30.8 Å². The zero-order chi connectivity index (χ0) is 20.1. The van der Waals surface area contributed by atoms with Gasteiger partial charge in [0.1, 0.15) is 0 Å². The van der Waals surface area contributed by atoms with E-state index in [9.17, 15) is 14.4 Å². The third kappa shape index (κ3) is 4.85. The smallest absolute Gasteiger partial charge is 0.290 e. The van der Waals surface area contributed by atoms with Gasteiger partial charge in [-0.05, 0) is 47.7 Å². The molecule has 2 aromatic rings. The molecule has 144 valence electrons. The molecule has 0 atom stereocenters. The average molecular weight is 419 g/mol. The van der Waals surface area contributed by atoms with Gasteiger partial charge in [0.25, 0.3) is 17.1 Å². The maximum atomic E-state index is 12.1. The van der Waals surface area contributed by atoms with Crippen LogP contribution in [0.25, 0.3) is 6.08 Å². The van der Waals surface area contributed by atoms with Gasteiger partial charge in [0.2, 0.25) is 0 Å². The number of halogens is 1. The number of carbonyl (C=O) groups is 3. The fourth-order valence-electron chi connectivity index (χ4n) is 2.36. The second kappa shape index (κ2) is 8.81. The van der Waals surface area contributed by atoms with E-state index in [1.165, 1.54) is 7.11 Å². The second-order valence-electron chi connectivity index (χ2n) is 5.58. The van der Waals surface area contributed by atoms with Crippen molar-refractivity contribution in [2.75, 3.05) is 19.0 Å². The molecule has 1 heterocycles. The van der Waals surface area contributed by atoms with Gasteiger partial charge in [-0.1, -0.05) is 29.8 Å². The van der Waals surface area contributed by atoms with Gasteiger partial charge in [-0.2, -0.15) is 0 Å². The summed E-state index contributed by atoms with van der Waals surface area (Å²) in [5.74, 6) is -0.0717. The Kier molecular flexibility index (Phi) is 6.23. The largest absolute Gasteiger partial charge is 0.493 e. The van der Waals surface area contributed by atoms with Crippen LogP contribution >= 0.6 is 23.4 Å². The van der Waals surface area contributed by atoms with Gasteiger partial charge in [-0.3, -0.25) is 19.7 Å². The van der Waals surface area contributed by atoms with Crippen LogP contribution in [-0.2, 0) is 9.59 Å². The monoisotopic (exact) mass is 418 g/mol. The summed E-state index contributed by atoms with van der Waals surface area (Å²) in [7, 11) is 1.46. The maximum Gasteiger partial charge on any atom is 0.290 e. The zero-order valence-corrected chi connectivity index (χ0v) is 16.2. The van der Waals surface area contributed by atoms with Crippen molar-refractivity contribution >= 4 is 52.2 Å². The van der Waals surface area contributed by atoms with Crippen molar-refractivity contribution < 1.29 is 23.9 Å². The number of carbonyl (C=O) groups excluding carboxylic acids is 3. The third-order valence-electron chi connectivity index (χ3n) is 3.63. The number of anilines is 1. The van der Waals surface area contributed by atoms with E-state index in [4.69, 9.17) is 21.1 Å². The first-order valence-electron chi connectivity index (χ1n) is 8.06. The van der Waals surface area contributed by atoms with Crippen LogP contribution in [0.1, 0.15) is 5.56 Å². The Bertz CT molecular complexity index is 977. The molecular weight excluding hydrogens is 404 g/mol. The number of amides is 3. The lowest BCUT2D eigenvalue weighted by Gasteiger charge is -2.12. The summed E-state index contributed by atoms with van der Waals surface area (Å²) in [6, 6.07) is 11.8. The lowest BCUT2D eigenvalue weighted by Crippen LogP contribution is -2.20. The Labute approximate surface area is 170 Å². The minimum atomic E-state index is -0.439. The maximum absolute atomic E-state index is 12.1. The molecule has 0 radical (unpaired) electrons. The molecule has 3 amide bonds. The van der Waals surface area contributed by atoms with Crippen molar-refractivity contribution in [2.45, 2.75) is 0 Å². The van der Waals surface area contributed by atoms with Gasteiger partial charge in [-0.25, -0.2) is 0 Å². The molecule has 1 aliphatic rings. The highest BCUT2D eigenvalue weighted by Gasteiger charge is 2.25. The van der Waals surface area contributed by atoms with Crippen LogP contribution in [0.15, 0.2) is 47.4 Å². The SMILES string of the molecule is COc1cc(/C=C2\SC(=O)NC2=O)ccc1OCC(=O)Nc1ccccc1Cl. The lowest BCUT2D eigenvalue weighted by atomic mass is 10.2. The summed E-state index contributed by atoms with van der Waals surface area (Å²) in [4.78, 5) is 35.2. The highest BCUT2D eigenvalue weighted by Crippen LogP contribution is 2.31. The van der Waals surface area contributed by atoms with Crippen molar-refractivity contribution in [3.63, 3.8) is 0 Å². The van der Waals surface area contributed by atoms with Gasteiger partial charge in [0.05, 0.1) is 22.7 Å². The molecule has 0 aromatic heterocycles. The Balaban J connectivity index is 1.67. The fourth-order valence-corrected chi connectivity index (χ4v) is 3.22. The van der Waals surface area contributed by atoms with Crippen LogP contribution < -0.4 is 20.1 Å². The summed E-state index contributed by atoms with van der Waals surface area (Å²) in [6.07, 6.45) is 1.57. The number of thioether (sulfide) groups is 1. The highest BCUT2D eigenvalue weighted by molar-refractivity contribution is 8.18. The molecular formula is C19H15ClN2O5S. The molecule has 0 saturated carbocycles. The number of hydrogen-bond donors (Lipinski definition) is 2. The van der Waals surface area contributed by atoms with E-state index in [0.717, 1.165) is 11.8 Å². The average Bonchev–Trinajstić information content (AvgIpc) is 2.99. The van der Waals surface area contributed by atoms with Crippen molar-refractivity contribution in [3.8, 4) is 11.5 Å². The van der Waals surface area contributed by atoms with Gasteiger partial charge >= 0.3 is 0 Å². The molecule has 1 fully saturated rings. The summed E-state index contributed by atoms with van der Waals surface area (Å²) in [5.41, 5.74) is 1.14. The number of nitrogens with one attached hydrogen (secondary N) is 2. The first kappa shape index (κ1) is 19.8. The molecule has 2 N–H and O–H groups in total. The van der Waals surface area contributed by atoms with E-state index in [1.54, 1.807) is 48.5 Å². The quantitative estimate of drug-likeness (QED) is 0.695. The fraction of sp³-hybridized carbons (Fsp3) is 0.105. The minimum Gasteiger partial charge on any atom is -0.493 e. The lowest BCUT2D eigenvalue weighted by molar-refractivity contribution is -0.118. The normalized spacial score (nSPS) is 14.7. The van der Waals surface area contributed by atoms with Gasteiger partial charge < -0.3 is 14.8 Å². The number of ether oxygens (including phenoxy) is 2. The second-order valence-corrected chi connectivity index (χ2v) is 7.00. The molecule has 0 unspecified atom stereocenters. The minimum absolute atomic E-state index is 0.241. The Morgan fingerprint density at radius 3 is 2.68 bits per heavy atom. The predicted molar refractivity (Wildman–Crippen MR) is 108 cm³/mol. The van der Waals surface area contributed by atoms with E-state index in [0.29, 0.717) is 32.7 Å². The molecule has 0 bridgehead atoms. The van der Waals surface area contributed by atoms with Crippen LogP contribution in [0.2, 0.25) is 5.02 Å². The number of imide groups is 1. The summed E-state index contributed by atoms with van der Waals surface area (Å²) >= 11 is 6.84. The highest BCUT2D eigenvalue weighted by atomic mass is 35.5. The number of hydrogen-bond acceptors (Lipinski definition) is 6. The van der Waals surface area contributed by atoms with E-state index in [2.05, 4.69) is 10.6 Å². The van der Waals surface area contributed by atoms with Gasteiger partial charge in [0, 0.05) is 0 Å². The van der Waals surface area contributed by atoms with E-state index in [-0.39, 0.29) is 12.5 Å². The van der Waals surface area contributed by atoms with Gasteiger partial charge in [-0.15, -0.1) is 0 Å². The zero-order valence-electron chi connectivity index (χ0n) is 14.7. The molecule has 9 heteroatoms. The number of para-hydroxylation sites is 1. The first-order valence-corrected chi connectivity index (χ1v) is 9.26. The Morgan fingerprint density at radius 1 is 1.21 bits per heavy atom. The summed E-state index contributed by atoms with van der Waals surface area (Å²) in [6.45, 7) is -0.241. The summed E-state index contributed by atoms with van der Waals surface area (Å²) < 4.78 is 10.8. The van der Waals surface area contributed by atoms with Crippen molar-refractivity contribution in [2.24, 2.45) is 0 Å². The van der Waals surface area contributed by atoms with Crippen molar-refractivity contribution in [3.05, 3.63) is 58.0 Å². The van der Waals surface area contributed by atoms with Crippen LogP contribution in [0.4, 0.5) is 10.5 Å². The molecule has 2 aromatic carbocycles. The molecule has 28 heavy (non-hydrogen) atoms. The third-order valence-corrected chi connectivity index (χ3v) is 4.77. The van der Waals surface area contributed by atoms with Gasteiger partial charge in [0.15, 0.2) is 18.1 Å². The summed E-state index contributed by atoms with van der Waals surface area (Å²) in [5, 5.41) is 4.87. The van der Waals surface area contributed by atoms with Crippen LogP contribution in [0, 0.1) is 0 Å². The van der Waals surface area contributed by atoms with E-state index in [1.807, 2.05) is 0 Å². The molecule has 1 aliphatic heterocycles. The molecule has 7 nitrogen and oxygen atoms in total. The number of methoxy groups -OCH3 is 1. The molecule has 0 spiro atoms. The Hall–Kier alpha value is -2.97. The molecule has 1 saturated heterocycles. The standard InChI is InChI=1S/C19H15ClN2O5S/c1-26-15-8-11(9-16-18(24)22-19(25)28-16)6-7-14(15)27-10-17(23)21-13-5-3-2-4-12(13)20/h2-9H,10H2,1H3,(H,21,23)(H,22,24,25)/b16-9-. The van der Waals surface area contributed by atoms with E-state index < -0.39 is 11.1 Å². The topological polar surface area (TPSA) is 93.7 Å². The predicted octanol–water partition coefficient (Wildman–Crippen LogP) is 3.69. The van der Waals surface area contributed by atoms with Crippen molar-refractivity contribution in [1.29, 1.82) is 0 Å².